The molecule has 2 aromatic rings. The fourth-order valence-corrected chi connectivity index (χ4v) is 4.03. The Morgan fingerprint density at radius 1 is 1.41 bits per heavy atom. The van der Waals surface area contributed by atoms with Gasteiger partial charge in [-0.25, -0.2) is 9.89 Å². The molecule has 0 bridgehead atoms. The highest BCUT2D eigenvalue weighted by molar-refractivity contribution is 5.96. The molecule has 10 nitrogen and oxygen atoms in total. The molecule has 2 aromatic heterocycles. The van der Waals surface area contributed by atoms with Crippen LogP contribution in [0.15, 0.2) is 17.1 Å². The molecule has 4 rings (SSSR count). The van der Waals surface area contributed by atoms with Crippen LogP contribution in [0.5, 0.6) is 5.88 Å². The molecule has 0 aromatic carbocycles. The molecule has 3 heterocycles. The Morgan fingerprint density at radius 2 is 2.16 bits per heavy atom. The van der Waals surface area contributed by atoms with E-state index in [2.05, 4.69) is 16.5 Å². The molecule has 32 heavy (non-hydrogen) atoms. The van der Waals surface area contributed by atoms with Gasteiger partial charge in [-0.3, -0.25) is 9.59 Å². The number of nitriles is 1. The van der Waals surface area contributed by atoms with Crippen molar-refractivity contribution in [1.29, 1.82) is 5.26 Å². The number of nitrogens with zero attached hydrogens (tertiary/aromatic N) is 4. The molecule has 1 atom stereocenters. The van der Waals surface area contributed by atoms with E-state index in [0.29, 0.717) is 30.7 Å². The van der Waals surface area contributed by atoms with Crippen molar-refractivity contribution in [3.63, 3.8) is 0 Å². The monoisotopic (exact) mass is 439 g/mol. The van der Waals surface area contributed by atoms with Crippen molar-refractivity contribution in [2.24, 2.45) is 5.92 Å². The number of aromatic nitrogens is 3. The molecule has 0 radical (unpaired) electrons. The van der Waals surface area contributed by atoms with E-state index in [1.54, 1.807) is 12.3 Å². The van der Waals surface area contributed by atoms with Gasteiger partial charge in [-0.2, -0.15) is 9.83 Å². The van der Waals surface area contributed by atoms with Gasteiger partial charge in [0.15, 0.2) is 0 Å². The minimum Gasteiger partial charge on any atom is -0.477 e. The molecule has 2 aliphatic rings. The molecule has 2 fully saturated rings. The number of aromatic amines is 1. The van der Waals surface area contributed by atoms with Gasteiger partial charge in [0.1, 0.15) is 6.04 Å². The van der Waals surface area contributed by atoms with E-state index in [0.717, 1.165) is 19.3 Å². The summed E-state index contributed by atoms with van der Waals surface area (Å²) in [4.78, 5) is 39.8. The van der Waals surface area contributed by atoms with Gasteiger partial charge in [0.2, 0.25) is 11.5 Å². The smallest absolute Gasteiger partial charge is 0.378 e. The molecule has 2 amide bonds. The molecule has 1 saturated carbocycles. The Morgan fingerprint density at radius 3 is 2.81 bits per heavy atom. The predicted octanol–water partition coefficient (Wildman–Crippen LogP) is 0.697. The second-order valence-corrected chi connectivity index (χ2v) is 8.80. The third-order valence-corrected chi connectivity index (χ3v) is 5.75. The third kappa shape index (κ3) is 3.98. The van der Waals surface area contributed by atoms with Crippen molar-refractivity contribution in [3.8, 4) is 11.9 Å². The summed E-state index contributed by atoms with van der Waals surface area (Å²) in [6, 6.07) is 1.75. The first-order chi connectivity index (χ1) is 15.3. The second kappa shape index (κ2) is 8.49. The SMILES string of the molecule is CC(C)C[n+]1c(O)c(C(=O)NC2CC2)c(=O)n2[nH]cc(/C=C/C(=O)N3CCC[C@@H]3C#N)c21. The number of hydrogen-bond acceptors (Lipinski definition) is 5. The van der Waals surface area contributed by atoms with Gasteiger partial charge < -0.3 is 15.3 Å². The van der Waals surface area contributed by atoms with Gasteiger partial charge >= 0.3 is 17.1 Å². The summed E-state index contributed by atoms with van der Waals surface area (Å²) in [6.07, 6.45) is 7.63. The van der Waals surface area contributed by atoms with Crippen LogP contribution in [0, 0.1) is 17.2 Å². The average Bonchev–Trinajstić information content (AvgIpc) is 3.26. The van der Waals surface area contributed by atoms with E-state index in [9.17, 15) is 24.8 Å². The minimum absolute atomic E-state index is 0.0384. The normalized spacial score (nSPS) is 18.6. The summed E-state index contributed by atoms with van der Waals surface area (Å²) in [6.45, 7) is 4.80. The fraction of sp³-hybridized carbons (Fsp3) is 0.500. The first-order valence-electron chi connectivity index (χ1n) is 10.9. The summed E-state index contributed by atoms with van der Waals surface area (Å²) < 4.78 is 2.73. The summed E-state index contributed by atoms with van der Waals surface area (Å²) in [5.74, 6) is -1.16. The van der Waals surface area contributed by atoms with Crippen molar-refractivity contribution in [2.45, 2.75) is 58.2 Å². The molecular weight excluding hydrogens is 412 g/mol. The van der Waals surface area contributed by atoms with Crippen LogP contribution in [0.4, 0.5) is 0 Å². The average molecular weight is 439 g/mol. The third-order valence-electron chi connectivity index (χ3n) is 5.75. The van der Waals surface area contributed by atoms with E-state index >= 15 is 0 Å². The van der Waals surface area contributed by atoms with Gasteiger partial charge in [0, 0.05) is 18.7 Å². The highest BCUT2D eigenvalue weighted by atomic mass is 16.3. The Labute approximate surface area is 184 Å². The van der Waals surface area contributed by atoms with Crippen molar-refractivity contribution >= 4 is 23.5 Å². The Balaban J connectivity index is 1.76. The highest BCUT2D eigenvalue weighted by Crippen LogP contribution is 2.21. The van der Waals surface area contributed by atoms with Crippen molar-refractivity contribution in [1.82, 2.24) is 19.8 Å². The van der Waals surface area contributed by atoms with Crippen molar-refractivity contribution < 1.29 is 19.3 Å². The van der Waals surface area contributed by atoms with Gasteiger partial charge in [0.05, 0.1) is 24.4 Å². The van der Waals surface area contributed by atoms with Crippen molar-refractivity contribution in [3.05, 3.63) is 33.8 Å². The van der Waals surface area contributed by atoms with E-state index < -0.39 is 23.4 Å². The van der Waals surface area contributed by atoms with Gasteiger partial charge in [0.25, 0.3) is 5.91 Å². The van der Waals surface area contributed by atoms with E-state index in [4.69, 9.17) is 0 Å². The molecule has 168 valence electrons. The number of nitrogens with one attached hydrogen (secondary N) is 2. The van der Waals surface area contributed by atoms with E-state index in [-0.39, 0.29) is 23.4 Å². The summed E-state index contributed by atoms with van der Waals surface area (Å²) >= 11 is 0. The van der Waals surface area contributed by atoms with Crippen LogP contribution < -0.4 is 15.4 Å². The first kappa shape index (κ1) is 21.6. The number of aromatic hydroxyl groups is 1. The zero-order valence-corrected chi connectivity index (χ0v) is 18.2. The molecule has 1 aliphatic carbocycles. The number of likely N-dealkylation sites (tertiary alicyclic amines) is 1. The van der Waals surface area contributed by atoms with E-state index in [1.165, 1.54) is 20.1 Å². The molecule has 1 aliphatic heterocycles. The first-order valence-corrected chi connectivity index (χ1v) is 10.9. The van der Waals surface area contributed by atoms with Crippen LogP contribution in [0.25, 0.3) is 11.7 Å². The highest BCUT2D eigenvalue weighted by Gasteiger charge is 2.34. The number of hydrogen-bond donors (Lipinski definition) is 3. The molecule has 0 unspecified atom stereocenters. The molecule has 3 N–H and O–H groups in total. The number of H-pyrrole nitrogens is 1. The van der Waals surface area contributed by atoms with E-state index in [1.807, 2.05) is 13.8 Å². The summed E-state index contributed by atoms with van der Waals surface area (Å²) in [5.41, 5.74) is -0.108. The topological polar surface area (TPSA) is 135 Å². The number of carbonyl (C=O) groups excluding carboxylic acids is 2. The van der Waals surface area contributed by atoms with Gasteiger partial charge in [-0.15, -0.1) is 0 Å². The Bertz CT molecular complexity index is 1200. The largest absolute Gasteiger partial charge is 0.477 e. The van der Waals surface area contributed by atoms with Crippen LogP contribution >= 0.6 is 0 Å². The second-order valence-electron chi connectivity index (χ2n) is 8.80. The zero-order chi connectivity index (χ0) is 23.0. The van der Waals surface area contributed by atoms with Gasteiger partial charge in [-0.1, -0.05) is 18.4 Å². The van der Waals surface area contributed by atoms with Gasteiger partial charge in [-0.05, 0) is 37.7 Å². The zero-order valence-electron chi connectivity index (χ0n) is 18.2. The summed E-state index contributed by atoms with van der Waals surface area (Å²) in [5, 5.41) is 25.7. The van der Waals surface area contributed by atoms with Crippen LogP contribution in [-0.4, -0.2) is 50.1 Å². The maximum Gasteiger partial charge on any atom is 0.378 e. The minimum atomic E-state index is -0.661. The Hall–Kier alpha value is -3.61. The predicted molar refractivity (Wildman–Crippen MR) is 115 cm³/mol. The molecular formula is C22H27N6O4+. The lowest BCUT2D eigenvalue weighted by Crippen LogP contribution is -2.46. The van der Waals surface area contributed by atoms with Crippen molar-refractivity contribution in [2.75, 3.05) is 6.54 Å². The number of rotatable bonds is 6. The van der Waals surface area contributed by atoms with Crippen LogP contribution in [-0.2, 0) is 11.3 Å². The Kier molecular flexibility index (Phi) is 5.74. The summed E-state index contributed by atoms with van der Waals surface area (Å²) in [7, 11) is 0. The lowest BCUT2D eigenvalue weighted by atomic mass is 10.2. The lowest BCUT2D eigenvalue weighted by molar-refractivity contribution is -0.686. The van der Waals surface area contributed by atoms with Crippen LogP contribution in [0.1, 0.15) is 55.5 Å². The molecule has 10 heteroatoms. The molecule has 0 spiro atoms. The molecule has 1 saturated heterocycles. The number of carbonyl (C=O) groups is 2. The lowest BCUT2D eigenvalue weighted by Gasteiger charge is -2.16. The number of fused-ring (bicyclic) bond motifs is 1. The van der Waals surface area contributed by atoms with Crippen LogP contribution in [0.3, 0.4) is 0 Å². The fourth-order valence-electron chi connectivity index (χ4n) is 4.03. The number of amides is 2. The standard InChI is InChI=1S/C22H26N6O4/c1-13(2)12-27-20-14(5-8-17(29)26-9-3-4-16(26)10-23)11-24-28(20)22(32)18(21(27)31)19(30)25-15-6-7-15/h5,8,11,13,15-16H,3-4,6-7,9,12H2,1-2H3,(H2,25,30,31,32)/p+1/b8-5+/t16-/m1/s1. The quantitative estimate of drug-likeness (QED) is 0.450. The maximum absolute atomic E-state index is 13.0. The maximum atomic E-state index is 13.0. The van der Waals surface area contributed by atoms with Crippen LogP contribution in [0.2, 0.25) is 0 Å².